The van der Waals surface area contributed by atoms with Gasteiger partial charge in [-0.05, 0) is 49.3 Å². The van der Waals surface area contributed by atoms with Gasteiger partial charge < -0.3 is 5.32 Å². The molecule has 1 aromatic rings. The summed E-state index contributed by atoms with van der Waals surface area (Å²) >= 11 is 5.96. The van der Waals surface area contributed by atoms with Gasteiger partial charge in [0.05, 0.1) is 0 Å². The zero-order valence-corrected chi connectivity index (χ0v) is 12.2. The molecule has 1 aromatic carbocycles. The van der Waals surface area contributed by atoms with Crippen molar-refractivity contribution in [2.75, 3.05) is 0 Å². The molecule has 1 aliphatic carbocycles. The summed E-state index contributed by atoms with van der Waals surface area (Å²) in [4.78, 5) is 0. The average Bonchev–Trinajstić information content (AvgIpc) is 2.75. The third kappa shape index (κ3) is 3.73. The Morgan fingerprint density at radius 1 is 1.28 bits per heavy atom. The van der Waals surface area contributed by atoms with Crippen LogP contribution in [0.5, 0.6) is 0 Å². The smallest absolute Gasteiger partial charge is 0.0406 e. The molecule has 3 unspecified atom stereocenters. The van der Waals surface area contributed by atoms with E-state index in [1.807, 2.05) is 12.1 Å². The third-order valence-corrected chi connectivity index (χ3v) is 4.23. The van der Waals surface area contributed by atoms with Gasteiger partial charge in [-0.2, -0.15) is 0 Å². The average molecular weight is 266 g/mol. The summed E-state index contributed by atoms with van der Waals surface area (Å²) in [5.41, 5.74) is 1.38. The van der Waals surface area contributed by atoms with Crippen molar-refractivity contribution in [2.24, 2.45) is 5.92 Å². The highest BCUT2D eigenvalue weighted by Crippen LogP contribution is 2.28. The van der Waals surface area contributed by atoms with E-state index in [1.165, 1.54) is 37.7 Å². The first kappa shape index (κ1) is 13.9. The molecule has 100 valence electrons. The van der Waals surface area contributed by atoms with Crippen LogP contribution in [0.4, 0.5) is 0 Å². The lowest BCUT2D eigenvalue weighted by Crippen LogP contribution is -2.30. The summed E-state index contributed by atoms with van der Waals surface area (Å²) in [6.07, 6.45) is 6.44. The van der Waals surface area contributed by atoms with E-state index >= 15 is 0 Å². The Morgan fingerprint density at radius 2 is 2.00 bits per heavy atom. The molecule has 0 aliphatic heterocycles. The molecule has 0 radical (unpaired) electrons. The van der Waals surface area contributed by atoms with Crippen molar-refractivity contribution < 1.29 is 0 Å². The molecule has 2 heteroatoms. The van der Waals surface area contributed by atoms with Crippen molar-refractivity contribution in [3.05, 3.63) is 34.9 Å². The monoisotopic (exact) mass is 265 g/mol. The SMILES string of the molecule is CCCC(NC1CCC(C)C1)c1ccc(Cl)cc1. The quantitative estimate of drug-likeness (QED) is 0.793. The van der Waals surface area contributed by atoms with Gasteiger partial charge in [0, 0.05) is 17.1 Å². The molecule has 2 rings (SSSR count). The van der Waals surface area contributed by atoms with Crippen LogP contribution in [-0.2, 0) is 0 Å². The molecule has 1 nitrogen and oxygen atoms in total. The van der Waals surface area contributed by atoms with Crippen LogP contribution in [0.15, 0.2) is 24.3 Å². The predicted molar refractivity (Wildman–Crippen MR) is 79.0 cm³/mol. The highest BCUT2D eigenvalue weighted by molar-refractivity contribution is 6.30. The van der Waals surface area contributed by atoms with Crippen molar-refractivity contribution in [1.29, 1.82) is 0 Å². The van der Waals surface area contributed by atoms with Gasteiger partial charge in [-0.25, -0.2) is 0 Å². The molecule has 1 N–H and O–H groups in total. The normalized spacial score (nSPS) is 25.3. The fraction of sp³-hybridized carbons (Fsp3) is 0.625. The Hall–Kier alpha value is -0.530. The van der Waals surface area contributed by atoms with Crippen molar-refractivity contribution >= 4 is 11.6 Å². The van der Waals surface area contributed by atoms with Crippen LogP contribution in [0.2, 0.25) is 5.02 Å². The van der Waals surface area contributed by atoms with Crippen LogP contribution >= 0.6 is 11.6 Å². The van der Waals surface area contributed by atoms with E-state index in [0.717, 1.165) is 10.9 Å². The first-order chi connectivity index (χ1) is 8.69. The van der Waals surface area contributed by atoms with Crippen LogP contribution in [0, 0.1) is 5.92 Å². The van der Waals surface area contributed by atoms with Crippen LogP contribution in [0.1, 0.15) is 57.6 Å². The summed E-state index contributed by atoms with van der Waals surface area (Å²) in [5.74, 6) is 0.884. The molecular formula is C16H24ClN. The maximum Gasteiger partial charge on any atom is 0.0406 e. The van der Waals surface area contributed by atoms with E-state index in [-0.39, 0.29) is 0 Å². The second-order valence-electron chi connectivity index (χ2n) is 5.67. The van der Waals surface area contributed by atoms with E-state index in [1.54, 1.807) is 0 Å². The lowest BCUT2D eigenvalue weighted by Gasteiger charge is -2.23. The number of hydrogen-bond donors (Lipinski definition) is 1. The summed E-state index contributed by atoms with van der Waals surface area (Å²) in [5, 5.41) is 4.66. The van der Waals surface area contributed by atoms with E-state index in [9.17, 15) is 0 Å². The lowest BCUT2D eigenvalue weighted by molar-refractivity contribution is 0.409. The first-order valence-electron chi connectivity index (χ1n) is 7.20. The number of hydrogen-bond acceptors (Lipinski definition) is 1. The minimum Gasteiger partial charge on any atom is -0.307 e. The van der Waals surface area contributed by atoms with Crippen LogP contribution in [-0.4, -0.2) is 6.04 Å². The summed E-state index contributed by atoms with van der Waals surface area (Å²) in [6.45, 7) is 4.61. The predicted octanol–water partition coefficient (Wildman–Crippen LogP) is 4.96. The Kier molecular flexibility index (Phi) is 5.08. The van der Waals surface area contributed by atoms with E-state index in [2.05, 4.69) is 31.3 Å². The minimum absolute atomic E-state index is 0.488. The highest BCUT2D eigenvalue weighted by Gasteiger charge is 2.23. The van der Waals surface area contributed by atoms with E-state index in [4.69, 9.17) is 11.6 Å². The Morgan fingerprint density at radius 3 is 2.56 bits per heavy atom. The molecule has 0 spiro atoms. The topological polar surface area (TPSA) is 12.0 Å². The molecule has 1 fully saturated rings. The molecule has 1 saturated carbocycles. The summed E-state index contributed by atoms with van der Waals surface area (Å²) in [6, 6.07) is 9.51. The van der Waals surface area contributed by atoms with Crippen molar-refractivity contribution in [3.63, 3.8) is 0 Å². The molecule has 0 saturated heterocycles. The Balaban J connectivity index is 2.01. The zero-order chi connectivity index (χ0) is 13.0. The molecule has 0 amide bonds. The molecule has 0 bridgehead atoms. The molecule has 0 aromatic heterocycles. The lowest BCUT2D eigenvalue weighted by atomic mass is 10.0. The second-order valence-corrected chi connectivity index (χ2v) is 6.11. The van der Waals surface area contributed by atoms with Gasteiger partial charge in [-0.15, -0.1) is 0 Å². The summed E-state index contributed by atoms with van der Waals surface area (Å²) < 4.78 is 0. The number of rotatable bonds is 5. The third-order valence-electron chi connectivity index (χ3n) is 3.98. The van der Waals surface area contributed by atoms with Gasteiger partial charge in [-0.3, -0.25) is 0 Å². The second kappa shape index (κ2) is 6.58. The van der Waals surface area contributed by atoms with Crippen LogP contribution < -0.4 is 5.32 Å². The van der Waals surface area contributed by atoms with Crippen LogP contribution in [0.25, 0.3) is 0 Å². The maximum absolute atomic E-state index is 5.96. The van der Waals surface area contributed by atoms with Crippen molar-refractivity contribution in [2.45, 2.75) is 58.0 Å². The first-order valence-corrected chi connectivity index (χ1v) is 7.58. The molecular weight excluding hydrogens is 242 g/mol. The van der Waals surface area contributed by atoms with Gasteiger partial charge >= 0.3 is 0 Å². The maximum atomic E-state index is 5.96. The van der Waals surface area contributed by atoms with Crippen molar-refractivity contribution in [3.8, 4) is 0 Å². The van der Waals surface area contributed by atoms with Gasteiger partial charge in [0.25, 0.3) is 0 Å². The van der Waals surface area contributed by atoms with Gasteiger partial charge in [-0.1, -0.05) is 44.0 Å². The Labute approximate surface area is 116 Å². The van der Waals surface area contributed by atoms with Gasteiger partial charge in [0.1, 0.15) is 0 Å². The fourth-order valence-electron chi connectivity index (χ4n) is 2.97. The minimum atomic E-state index is 0.488. The molecule has 3 atom stereocenters. The Bertz CT molecular complexity index is 360. The largest absolute Gasteiger partial charge is 0.307 e. The fourth-order valence-corrected chi connectivity index (χ4v) is 3.10. The highest BCUT2D eigenvalue weighted by atomic mass is 35.5. The van der Waals surface area contributed by atoms with E-state index in [0.29, 0.717) is 12.1 Å². The molecule has 18 heavy (non-hydrogen) atoms. The number of nitrogens with one attached hydrogen (secondary N) is 1. The summed E-state index contributed by atoms with van der Waals surface area (Å²) in [7, 11) is 0. The van der Waals surface area contributed by atoms with Crippen molar-refractivity contribution in [1.82, 2.24) is 5.32 Å². The van der Waals surface area contributed by atoms with Crippen LogP contribution in [0.3, 0.4) is 0 Å². The van der Waals surface area contributed by atoms with Gasteiger partial charge in [0.2, 0.25) is 0 Å². The molecule has 0 heterocycles. The number of benzene rings is 1. The zero-order valence-electron chi connectivity index (χ0n) is 11.5. The van der Waals surface area contributed by atoms with E-state index < -0.39 is 0 Å². The van der Waals surface area contributed by atoms with Gasteiger partial charge in [0.15, 0.2) is 0 Å². The standard InChI is InChI=1S/C16H24ClN/c1-3-4-16(13-6-8-14(17)9-7-13)18-15-10-5-12(2)11-15/h6-9,12,15-16,18H,3-5,10-11H2,1-2H3. The molecule has 1 aliphatic rings. The number of halogens is 1.